The summed E-state index contributed by atoms with van der Waals surface area (Å²) in [6.45, 7) is 0. The van der Waals surface area contributed by atoms with Gasteiger partial charge in [0.25, 0.3) is 0 Å². The lowest BCUT2D eigenvalue weighted by Crippen LogP contribution is -2.60. The Labute approximate surface area is 112 Å². The Morgan fingerprint density at radius 1 is 0.778 bits per heavy atom. The van der Waals surface area contributed by atoms with Crippen molar-refractivity contribution in [1.82, 2.24) is 5.32 Å². The largest absolute Gasteiger partial charge is 0.314 e. The molecule has 4 bridgehead atoms. The molecule has 1 nitrogen and oxygen atoms in total. The van der Waals surface area contributed by atoms with Crippen LogP contribution in [0.5, 0.6) is 0 Å². The first-order valence-electron chi connectivity index (χ1n) is 8.49. The summed E-state index contributed by atoms with van der Waals surface area (Å²) in [6.07, 6.45) is 15.3. The van der Waals surface area contributed by atoms with E-state index in [1.54, 1.807) is 32.1 Å². The SMILES string of the molecule is CNC1(C2C3CC4CC(C3)CC2C4)CCCCC1. The maximum atomic E-state index is 3.85. The molecule has 102 valence electrons. The van der Waals surface area contributed by atoms with Crippen molar-refractivity contribution in [3.63, 3.8) is 0 Å². The van der Waals surface area contributed by atoms with Crippen LogP contribution in [0.1, 0.15) is 64.2 Å². The van der Waals surface area contributed by atoms with Crippen LogP contribution >= 0.6 is 0 Å². The van der Waals surface area contributed by atoms with Gasteiger partial charge in [-0.05, 0) is 81.6 Å². The van der Waals surface area contributed by atoms with Gasteiger partial charge in [-0.15, -0.1) is 0 Å². The smallest absolute Gasteiger partial charge is 0.0212 e. The van der Waals surface area contributed by atoms with E-state index >= 15 is 0 Å². The third-order valence-electron chi connectivity index (χ3n) is 7.11. The highest BCUT2D eigenvalue weighted by Crippen LogP contribution is 2.60. The van der Waals surface area contributed by atoms with Crippen LogP contribution in [0, 0.1) is 29.6 Å². The molecule has 0 radical (unpaired) electrons. The lowest BCUT2D eigenvalue weighted by atomic mass is 9.47. The molecule has 5 aliphatic carbocycles. The Bertz CT molecular complexity index is 288. The Kier molecular flexibility index (Phi) is 2.76. The van der Waals surface area contributed by atoms with Crippen LogP contribution in [-0.2, 0) is 0 Å². The van der Waals surface area contributed by atoms with Crippen LogP contribution < -0.4 is 5.32 Å². The maximum absolute atomic E-state index is 3.85. The standard InChI is InChI=1S/C17H29N/c1-18-17(5-3-2-4-6-17)16-14-8-12-7-13(10-14)11-15(16)9-12/h12-16,18H,2-11H2,1H3. The molecule has 5 fully saturated rings. The second kappa shape index (κ2) is 4.23. The number of nitrogens with one attached hydrogen (secondary N) is 1. The zero-order valence-corrected chi connectivity index (χ0v) is 12.0. The molecular weight excluding hydrogens is 218 g/mol. The molecule has 5 rings (SSSR count). The van der Waals surface area contributed by atoms with Gasteiger partial charge in [0.1, 0.15) is 0 Å². The third kappa shape index (κ3) is 1.62. The third-order valence-corrected chi connectivity index (χ3v) is 7.11. The molecule has 0 saturated heterocycles. The van der Waals surface area contributed by atoms with Crippen molar-refractivity contribution in [2.24, 2.45) is 29.6 Å². The summed E-state index contributed by atoms with van der Waals surface area (Å²) in [4.78, 5) is 0. The summed E-state index contributed by atoms with van der Waals surface area (Å²) in [5, 5.41) is 3.85. The highest BCUT2D eigenvalue weighted by molar-refractivity contribution is 5.08. The van der Waals surface area contributed by atoms with Gasteiger partial charge in [0.05, 0.1) is 0 Å². The summed E-state index contributed by atoms with van der Waals surface area (Å²) in [7, 11) is 2.26. The average molecular weight is 247 g/mol. The summed E-state index contributed by atoms with van der Waals surface area (Å²) < 4.78 is 0. The van der Waals surface area contributed by atoms with E-state index in [4.69, 9.17) is 0 Å². The summed E-state index contributed by atoms with van der Waals surface area (Å²) in [5.41, 5.74) is 0.543. The first-order chi connectivity index (χ1) is 8.81. The molecule has 1 heteroatoms. The first kappa shape index (κ1) is 11.8. The van der Waals surface area contributed by atoms with Crippen LogP contribution in [0.25, 0.3) is 0 Å². The first-order valence-corrected chi connectivity index (χ1v) is 8.49. The van der Waals surface area contributed by atoms with Gasteiger partial charge in [0.2, 0.25) is 0 Å². The van der Waals surface area contributed by atoms with Crippen molar-refractivity contribution >= 4 is 0 Å². The van der Waals surface area contributed by atoms with E-state index in [9.17, 15) is 0 Å². The van der Waals surface area contributed by atoms with Crippen LogP contribution in [0.15, 0.2) is 0 Å². The quantitative estimate of drug-likeness (QED) is 0.778. The van der Waals surface area contributed by atoms with Crippen molar-refractivity contribution < 1.29 is 0 Å². The predicted octanol–water partition coefficient (Wildman–Crippen LogP) is 3.98. The van der Waals surface area contributed by atoms with Gasteiger partial charge in [0.15, 0.2) is 0 Å². The van der Waals surface area contributed by atoms with Gasteiger partial charge in [0, 0.05) is 5.54 Å². The topological polar surface area (TPSA) is 12.0 Å². The minimum Gasteiger partial charge on any atom is -0.314 e. The minimum atomic E-state index is 0.543. The average Bonchev–Trinajstić information content (AvgIpc) is 2.38. The lowest BCUT2D eigenvalue weighted by molar-refractivity contribution is -0.0855. The molecule has 0 aromatic rings. The van der Waals surface area contributed by atoms with Gasteiger partial charge in [-0.25, -0.2) is 0 Å². The molecule has 0 heterocycles. The van der Waals surface area contributed by atoms with E-state index < -0.39 is 0 Å². The highest BCUT2D eigenvalue weighted by Gasteiger charge is 2.55. The van der Waals surface area contributed by atoms with E-state index in [0.717, 1.165) is 29.6 Å². The van der Waals surface area contributed by atoms with Crippen molar-refractivity contribution in [1.29, 1.82) is 0 Å². The van der Waals surface area contributed by atoms with Crippen LogP contribution in [-0.4, -0.2) is 12.6 Å². The molecule has 0 aromatic heterocycles. The molecule has 0 unspecified atom stereocenters. The van der Waals surface area contributed by atoms with Gasteiger partial charge >= 0.3 is 0 Å². The fourth-order valence-corrected chi connectivity index (χ4v) is 6.76. The van der Waals surface area contributed by atoms with Gasteiger partial charge in [-0.3, -0.25) is 0 Å². The predicted molar refractivity (Wildman–Crippen MR) is 75.4 cm³/mol. The van der Waals surface area contributed by atoms with E-state index in [1.165, 1.54) is 32.1 Å². The molecule has 0 aliphatic heterocycles. The van der Waals surface area contributed by atoms with Crippen molar-refractivity contribution in [3.05, 3.63) is 0 Å². The Morgan fingerprint density at radius 3 is 1.83 bits per heavy atom. The number of rotatable bonds is 2. The molecule has 5 aliphatic rings. The van der Waals surface area contributed by atoms with Crippen LogP contribution in [0.4, 0.5) is 0 Å². The molecule has 1 N–H and O–H groups in total. The van der Waals surface area contributed by atoms with E-state index in [2.05, 4.69) is 12.4 Å². The molecular formula is C17H29N. The van der Waals surface area contributed by atoms with Gasteiger partial charge < -0.3 is 5.32 Å². The molecule has 18 heavy (non-hydrogen) atoms. The van der Waals surface area contributed by atoms with Gasteiger partial charge in [-0.2, -0.15) is 0 Å². The van der Waals surface area contributed by atoms with E-state index in [0.29, 0.717) is 5.54 Å². The fraction of sp³-hybridized carbons (Fsp3) is 1.00. The fourth-order valence-electron chi connectivity index (χ4n) is 6.76. The highest BCUT2D eigenvalue weighted by atomic mass is 15.0. The second-order valence-electron chi connectivity index (χ2n) is 7.92. The Balaban J connectivity index is 1.63. The van der Waals surface area contributed by atoms with Crippen molar-refractivity contribution in [3.8, 4) is 0 Å². The van der Waals surface area contributed by atoms with Crippen molar-refractivity contribution in [2.45, 2.75) is 69.7 Å². The van der Waals surface area contributed by atoms with Crippen LogP contribution in [0.3, 0.4) is 0 Å². The lowest BCUT2D eigenvalue weighted by Gasteiger charge is -2.61. The van der Waals surface area contributed by atoms with Crippen LogP contribution in [0.2, 0.25) is 0 Å². The van der Waals surface area contributed by atoms with E-state index in [1.807, 2.05) is 0 Å². The monoisotopic (exact) mass is 247 g/mol. The molecule has 0 amide bonds. The normalized spacial score (nSPS) is 49.5. The number of hydrogen-bond acceptors (Lipinski definition) is 1. The maximum Gasteiger partial charge on any atom is 0.0212 e. The summed E-state index contributed by atoms with van der Waals surface area (Å²) in [6, 6.07) is 0. The minimum absolute atomic E-state index is 0.543. The van der Waals surface area contributed by atoms with Gasteiger partial charge in [-0.1, -0.05) is 19.3 Å². The molecule has 5 saturated carbocycles. The van der Waals surface area contributed by atoms with Crippen molar-refractivity contribution in [2.75, 3.05) is 7.05 Å². The summed E-state index contributed by atoms with van der Waals surface area (Å²) >= 11 is 0. The zero-order valence-electron chi connectivity index (χ0n) is 12.0. The number of hydrogen-bond donors (Lipinski definition) is 1. The molecule has 0 atom stereocenters. The molecule has 0 aromatic carbocycles. The summed E-state index contributed by atoms with van der Waals surface area (Å²) in [5.74, 6) is 5.47. The second-order valence-corrected chi connectivity index (χ2v) is 7.92. The Hall–Kier alpha value is -0.0400. The zero-order chi connectivity index (χ0) is 12.2. The molecule has 0 spiro atoms. The van der Waals surface area contributed by atoms with E-state index in [-0.39, 0.29) is 0 Å². The Morgan fingerprint density at radius 2 is 1.33 bits per heavy atom.